The maximum atomic E-state index is 12.5. The normalized spacial score (nSPS) is 31.7. The average molecular weight is 339 g/mol. The number of fused-ring (bicyclic) bond motifs is 2. The van der Waals surface area contributed by atoms with Crippen molar-refractivity contribution in [3.63, 3.8) is 0 Å². The van der Waals surface area contributed by atoms with Crippen LogP contribution in [0.15, 0.2) is 18.6 Å². The van der Waals surface area contributed by atoms with E-state index in [4.69, 9.17) is 5.26 Å². The molecule has 1 aliphatic heterocycles. The number of piperidine rings is 1. The first-order chi connectivity index (χ1) is 12.0. The minimum Gasteiger partial charge on any atom is -0.356 e. The molecule has 25 heavy (non-hydrogen) atoms. The molecule has 4 unspecified atom stereocenters. The molecule has 0 radical (unpaired) electrons. The molecule has 0 aromatic carbocycles. The van der Waals surface area contributed by atoms with Crippen LogP contribution in [0.1, 0.15) is 19.3 Å². The van der Waals surface area contributed by atoms with E-state index in [1.165, 1.54) is 0 Å². The third-order valence-corrected chi connectivity index (χ3v) is 6.13. The Kier molecular flexibility index (Phi) is 3.73. The molecule has 1 amide bonds. The smallest absolute Gasteiger partial charge is 0.314 e. The molecule has 0 bridgehead atoms. The SMILES string of the molecule is CN(c1ncnc2[nH]ccc12)C1CC2CC(=O)[N+](C)(CC#N)CC2C1. The molecule has 4 rings (SSSR count). The largest absolute Gasteiger partial charge is 0.356 e. The number of aromatic nitrogens is 3. The van der Waals surface area contributed by atoms with Crippen molar-refractivity contribution in [2.24, 2.45) is 11.8 Å². The number of nitrogens with zero attached hydrogens (tertiary/aromatic N) is 5. The molecule has 2 fully saturated rings. The minimum atomic E-state index is 0.209. The zero-order valence-corrected chi connectivity index (χ0v) is 14.6. The van der Waals surface area contributed by atoms with Crippen LogP contribution in [0.3, 0.4) is 0 Å². The Morgan fingerprint density at radius 2 is 2.20 bits per heavy atom. The van der Waals surface area contributed by atoms with E-state index in [1.54, 1.807) is 6.33 Å². The van der Waals surface area contributed by atoms with Gasteiger partial charge in [0.1, 0.15) is 23.9 Å². The highest BCUT2D eigenvalue weighted by molar-refractivity contribution is 5.87. The number of carbonyl (C=O) groups excluding carboxylic acids is 1. The molecule has 7 nitrogen and oxygen atoms in total. The van der Waals surface area contributed by atoms with Gasteiger partial charge in [-0.3, -0.25) is 4.48 Å². The van der Waals surface area contributed by atoms with Crippen LogP contribution in [0.25, 0.3) is 11.0 Å². The molecule has 4 atom stereocenters. The summed E-state index contributed by atoms with van der Waals surface area (Å²) in [7, 11) is 3.99. The topological polar surface area (TPSA) is 85.7 Å². The van der Waals surface area contributed by atoms with Gasteiger partial charge < -0.3 is 9.88 Å². The van der Waals surface area contributed by atoms with Gasteiger partial charge in [-0.2, -0.15) is 5.26 Å². The number of quaternary nitrogens is 1. The van der Waals surface area contributed by atoms with E-state index in [-0.39, 0.29) is 16.9 Å². The van der Waals surface area contributed by atoms with Crippen LogP contribution in [0.5, 0.6) is 0 Å². The molecular weight excluding hydrogens is 316 g/mol. The monoisotopic (exact) mass is 339 g/mol. The van der Waals surface area contributed by atoms with E-state index < -0.39 is 0 Å². The lowest BCUT2D eigenvalue weighted by Gasteiger charge is -2.38. The number of anilines is 1. The van der Waals surface area contributed by atoms with E-state index in [9.17, 15) is 4.79 Å². The molecule has 0 spiro atoms. The first kappa shape index (κ1) is 16.0. The number of nitriles is 1. The average Bonchev–Trinajstić information content (AvgIpc) is 3.21. The fraction of sp³-hybridized carbons (Fsp3) is 0.556. The quantitative estimate of drug-likeness (QED) is 0.679. The second kappa shape index (κ2) is 5.81. The van der Waals surface area contributed by atoms with Crippen LogP contribution in [-0.2, 0) is 4.79 Å². The van der Waals surface area contributed by atoms with Crippen molar-refractivity contribution in [2.45, 2.75) is 25.3 Å². The van der Waals surface area contributed by atoms with Crippen LogP contribution in [-0.4, -0.2) is 58.6 Å². The lowest BCUT2D eigenvalue weighted by Crippen LogP contribution is -2.56. The van der Waals surface area contributed by atoms with Crippen molar-refractivity contribution >= 4 is 22.8 Å². The number of hydrogen-bond acceptors (Lipinski definition) is 5. The van der Waals surface area contributed by atoms with Crippen molar-refractivity contribution in [1.29, 1.82) is 5.26 Å². The van der Waals surface area contributed by atoms with E-state index in [0.717, 1.165) is 36.2 Å². The van der Waals surface area contributed by atoms with E-state index in [1.807, 2.05) is 19.3 Å². The van der Waals surface area contributed by atoms with Gasteiger partial charge in [-0.25, -0.2) is 14.8 Å². The summed E-state index contributed by atoms with van der Waals surface area (Å²) in [4.78, 5) is 26.6. The number of H-pyrrole nitrogens is 1. The summed E-state index contributed by atoms with van der Waals surface area (Å²) in [6.45, 7) is 1.06. The maximum absolute atomic E-state index is 12.5. The third kappa shape index (κ3) is 2.57. The van der Waals surface area contributed by atoms with Gasteiger partial charge in [-0.05, 0) is 24.8 Å². The van der Waals surface area contributed by atoms with E-state index >= 15 is 0 Å². The van der Waals surface area contributed by atoms with Crippen LogP contribution in [0.2, 0.25) is 0 Å². The Morgan fingerprint density at radius 1 is 1.40 bits per heavy atom. The second-order valence-electron chi connectivity index (χ2n) is 7.69. The van der Waals surface area contributed by atoms with Gasteiger partial charge in [-0.1, -0.05) is 0 Å². The molecule has 2 aliphatic rings. The first-order valence-electron chi connectivity index (χ1n) is 8.77. The maximum Gasteiger partial charge on any atom is 0.314 e. The highest BCUT2D eigenvalue weighted by atomic mass is 16.2. The van der Waals surface area contributed by atoms with Crippen LogP contribution >= 0.6 is 0 Å². The van der Waals surface area contributed by atoms with Gasteiger partial charge in [0.15, 0.2) is 6.54 Å². The number of nitrogens with one attached hydrogen (secondary N) is 1. The number of likely N-dealkylation sites (tertiary alicyclic amines) is 1. The van der Waals surface area contributed by atoms with Crippen LogP contribution in [0, 0.1) is 23.2 Å². The molecule has 1 aliphatic carbocycles. The standard InChI is InChI=1S/C18H23N6O/c1-23(18-15-3-5-20-17(15)21-11-22-18)14-7-12-9-16(25)24(2,6-4-19)10-13(12)8-14/h3,5,11-14H,6-10H2,1-2H3,(H,20,21,22)/q+1. The van der Waals surface area contributed by atoms with Crippen molar-refractivity contribution in [3.05, 3.63) is 18.6 Å². The summed E-state index contributed by atoms with van der Waals surface area (Å²) < 4.78 is 0.268. The molecule has 130 valence electrons. The van der Waals surface area contributed by atoms with Gasteiger partial charge in [0.25, 0.3) is 0 Å². The second-order valence-corrected chi connectivity index (χ2v) is 7.69. The van der Waals surface area contributed by atoms with Gasteiger partial charge in [0, 0.05) is 25.2 Å². The number of hydrogen-bond donors (Lipinski definition) is 1. The number of carbonyl (C=O) groups is 1. The Balaban J connectivity index is 1.56. The van der Waals surface area contributed by atoms with Gasteiger partial charge in [-0.15, -0.1) is 0 Å². The summed E-state index contributed by atoms with van der Waals surface area (Å²) in [5.41, 5.74) is 0.848. The lowest BCUT2D eigenvalue weighted by molar-refractivity contribution is -0.835. The summed E-state index contributed by atoms with van der Waals surface area (Å²) in [6, 6.07) is 4.56. The molecule has 1 saturated heterocycles. The van der Waals surface area contributed by atoms with Crippen molar-refractivity contribution < 1.29 is 9.28 Å². The van der Waals surface area contributed by atoms with Crippen LogP contribution in [0.4, 0.5) is 5.82 Å². The van der Waals surface area contributed by atoms with Crippen molar-refractivity contribution in [3.8, 4) is 6.07 Å². The third-order valence-electron chi connectivity index (χ3n) is 6.13. The molecule has 1 saturated carbocycles. The zero-order valence-electron chi connectivity index (χ0n) is 14.6. The Hall–Kier alpha value is -2.46. The van der Waals surface area contributed by atoms with Crippen molar-refractivity contribution in [1.82, 2.24) is 15.0 Å². The summed E-state index contributed by atoms with van der Waals surface area (Å²) >= 11 is 0. The highest BCUT2D eigenvalue weighted by Crippen LogP contribution is 2.43. The number of amides is 1. The summed E-state index contributed by atoms with van der Waals surface area (Å²) in [6.07, 6.45) is 6.13. The number of rotatable bonds is 3. The molecule has 3 heterocycles. The first-order valence-corrected chi connectivity index (χ1v) is 8.77. The Labute approximate surface area is 146 Å². The number of aromatic amines is 1. The lowest BCUT2D eigenvalue weighted by atomic mass is 9.87. The van der Waals surface area contributed by atoms with Gasteiger partial charge >= 0.3 is 5.91 Å². The predicted molar refractivity (Wildman–Crippen MR) is 93.4 cm³/mol. The molecule has 7 heteroatoms. The fourth-order valence-corrected chi connectivity index (χ4v) is 4.66. The van der Waals surface area contributed by atoms with Gasteiger partial charge in [0.05, 0.1) is 25.4 Å². The molecule has 2 aromatic rings. The summed E-state index contributed by atoms with van der Waals surface area (Å²) in [5, 5.41) is 10.1. The minimum absolute atomic E-state index is 0.209. The fourth-order valence-electron chi connectivity index (χ4n) is 4.66. The van der Waals surface area contributed by atoms with Gasteiger partial charge in [0.2, 0.25) is 0 Å². The predicted octanol–water partition coefficient (Wildman–Crippen LogP) is 1.69. The van der Waals surface area contributed by atoms with Crippen LogP contribution < -0.4 is 4.90 Å². The van der Waals surface area contributed by atoms with E-state index in [0.29, 0.717) is 24.3 Å². The summed E-state index contributed by atoms with van der Waals surface area (Å²) in [5.74, 6) is 2.07. The Bertz CT molecular complexity index is 855. The molecule has 1 N–H and O–H groups in total. The van der Waals surface area contributed by atoms with E-state index in [2.05, 4.69) is 33.0 Å². The molecule has 2 aromatic heterocycles. The van der Waals surface area contributed by atoms with Crippen molar-refractivity contribution in [2.75, 3.05) is 32.1 Å². The Morgan fingerprint density at radius 3 is 3.00 bits per heavy atom. The molecular formula is C18H23N6O+. The highest BCUT2D eigenvalue weighted by Gasteiger charge is 2.49. The zero-order chi connectivity index (χ0) is 17.6.